The second kappa shape index (κ2) is 9.81. The van der Waals surface area contributed by atoms with E-state index < -0.39 is 16.5 Å². The summed E-state index contributed by atoms with van der Waals surface area (Å²) in [5.41, 5.74) is 0.178. The van der Waals surface area contributed by atoms with E-state index in [9.17, 15) is 19.7 Å². The first-order valence-corrected chi connectivity index (χ1v) is 10.7. The molecule has 0 unspecified atom stereocenters. The maximum Gasteiger partial charge on any atom is 0.327 e. The molecule has 0 bridgehead atoms. The number of nitro benzene ring substituents is 1. The van der Waals surface area contributed by atoms with Gasteiger partial charge in [-0.3, -0.25) is 19.7 Å². The van der Waals surface area contributed by atoms with Crippen molar-refractivity contribution in [1.29, 1.82) is 0 Å². The molecule has 12 heteroatoms. The average Bonchev–Trinajstić information content (AvgIpc) is 3.21. The number of amides is 2. The van der Waals surface area contributed by atoms with Crippen molar-refractivity contribution in [1.82, 2.24) is 9.88 Å². The number of methoxy groups -OCH3 is 3. The summed E-state index contributed by atoms with van der Waals surface area (Å²) in [6.07, 6.45) is 0.861. The Balaban J connectivity index is 1.78. The summed E-state index contributed by atoms with van der Waals surface area (Å²) >= 11 is 1.35. The van der Waals surface area contributed by atoms with Crippen molar-refractivity contribution < 1.29 is 28.7 Å². The third-order valence-corrected chi connectivity index (χ3v) is 6.09. The fourth-order valence-electron chi connectivity index (χ4n) is 3.62. The topological polar surface area (TPSA) is 133 Å². The lowest BCUT2D eigenvalue weighted by atomic mass is 9.95. The van der Waals surface area contributed by atoms with Gasteiger partial charge in [0.2, 0.25) is 17.4 Å². The second-order valence-corrected chi connectivity index (χ2v) is 8.01. The molecule has 11 nitrogen and oxygen atoms in total. The number of anilines is 1. The Labute approximate surface area is 188 Å². The van der Waals surface area contributed by atoms with Crippen molar-refractivity contribution in [3.8, 4) is 17.2 Å². The second-order valence-electron chi connectivity index (χ2n) is 7.15. The first kappa shape index (κ1) is 23.3. The van der Waals surface area contributed by atoms with Crippen LogP contribution in [-0.2, 0) is 4.79 Å². The molecule has 172 valence electrons. The maximum atomic E-state index is 13.2. The number of piperidine rings is 1. The number of thiazole rings is 1. The predicted octanol–water partition coefficient (Wildman–Crippen LogP) is 2.88. The van der Waals surface area contributed by atoms with Gasteiger partial charge in [-0.05, 0) is 19.8 Å². The lowest BCUT2D eigenvalue weighted by molar-refractivity contribution is -0.386. The van der Waals surface area contributed by atoms with E-state index in [-0.39, 0.29) is 47.7 Å². The average molecular weight is 465 g/mol. The van der Waals surface area contributed by atoms with E-state index in [1.807, 2.05) is 12.3 Å². The Kier molecular flexibility index (Phi) is 7.13. The SMILES string of the molecule is COc1cc(C(=O)N2CCC(C(=O)Nc3nc(C)cs3)CC2)c([N+](=O)[O-])c(OC)c1OC. The molecule has 2 aromatic rings. The van der Waals surface area contributed by atoms with Gasteiger partial charge in [0.15, 0.2) is 10.9 Å². The number of aromatic nitrogens is 1. The van der Waals surface area contributed by atoms with Crippen LogP contribution in [0.1, 0.15) is 28.9 Å². The van der Waals surface area contributed by atoms with Crippen LogP contribution < -0.4 is 19.5 Å². The summed E-state index contributed by atoms with van der Waals surface area (Å²) in [6.45, 7) is 2.40. The Morgan fingerprint density at radius 1 is 1.19 bits per heavy atom. The highest BCUT2D eigenvalue weighted by Gasteiger charge is 2.36. The summed E-state index contributed by atoms with van der Waals surface area (Å²) < 4.78 is 15.6. The van der Waals surface area contributed by atoms with Crippen molar-refractivity contribution in [2.75, 3.05) is 39.7 Å². The monoisotopic (exact) mass is 464 g/mol. The number of ether oxygens (including phenoxy) is 3. The van der Waals surface area contributed by atoms with E-state index >= 15 is 0 Å². The minimum atomic E-state index is -0.676. The largest absolute Gasteiger partial charge is 0.493 e. The molecule has 1 aromatic carbocycles. The zero-order valence-corrected chi connectivity index (χ0v) is 19.0. The molecule has 32 heavy (non-hydrogen) atoms. The summed E-state index contributed by atoms with van der Waals surface area (Å²) in [6, 6.07) is 1.28. The van der Waals surface area contributed by atoms with Gasteiger partial charge in [0.25, 0.3) is 5.91 Å². The number of carbonyl (C=O) groups excluding carboxylic acids is 2. The van der Waals surface area contributed by atoms with Crippen molar-refractivity contribution in [2.24, 2.45) is 5.92 Å². The lowest BCUT2D eigenvalue weighted by Crippen LogP contribution is -2.41. The fraction of sp³-hybridized carbons (Fsp3) is 0.450. The Bertz CT molecular complexity index is 1030. The molecule has 0 atom stereocenters. The quantitative estimate of drug-likeness (QED) is 0.488. The van der Waals surface area contributed by atoms with Crippen molar-refractivity contribution in [3.63, 3.8) is 0 Å². The zero-order chi connectivity index (χ0) is 23.4. The molecule has 0 saturated carbocycles. The molecule has 3 rings (SSSR count). The van der Waals surface area contributed by atoms with E-state index in [1.54, 1.807) is 0 Å². The van der Waals surface area contributed by atoms with Crippen molar-refractivity contribution >= 4 is 34.0 Å². The van der Waals surface area contributed by atoms with Crippen LogP contribution in [0.15, 0.2) is 11.4 Å². The van der Waals surface area contributed by atoms with Crippen LogP contribution in [-0.4, -0.2) is 61.0 Å². The molecule has 2 heterocycles. The molecule has 0 radical (unpaired) electrons. The zero-order valence-electron chi connectivity index (χ0n) is 18.2. The van der Waals surface area contributed by atoms with Crippen LogP contribution >= 0.6 is 11.3 Å². The molecule has 0 spiro atoms. The summed E-state index contributed by atoms with van der Waals surface area (Å²) in [5.74, 6) is -0.973. The molecule has 1 N–H and O–H groups in total. The number of likely N-dealkylation sites (tertiary alicyclic amines) is 1. The van der Waals surface area contributed by atoms with Gasteiger partial charge in [-0.15, -0.1) is 11.3 Å². The minimum absolute atomic E-state index is 0.0334. The third kappa shape index (κ3) is 4.59. The molecule has 1 aliphatic rings. The molecular weight excluding hydrogens is 440 g/mol. The molecule has 2 amide bonds. The minimum Gasteiger partial charge on any atom is -0.493 e. The van der Waals surface area contributed by atoms with Gasteiger partial charge in [-0.25, -0.2) is 4.98 Å². The van der Waals surface area contributed by atoms with E-state index in [2.05, 4.69) is 10.3 Å². The van der Waals surface area contributed by atoms with Gasteiger partial charge in [-0.1, -0.05) is 0 Å². The Morgan fingerprint density at radius 3 is 2.34 bits per heavy atom. The number of carbonyl (C=O) groups is 2. The van der Waals surface area contributed by atoms with Crippen LogP contribution in [0.5, 0.6) is 17.2 Å². The molecular formula is C20H24N4O7S. The van der Waals surface area contributed by atoms with Gasteiger partial charge >= 0.3 is 5.69 Å². The van der Waals surface area contributed by atoms with E-state index in [1.165, 1.54) is 43.6 Å². The van der Waals surface area contributed by atoms with E-state index in [4.69, 9.17) is 14.2 Å². The number of nitrogens with zero attached hydrogens (tertiary/aromatic N) is 3. The first-order valence-electron chi connectivity index (χ1n) is 9.80. The smallest absolute Gasteiger partial charge is 0.327 e. The number of rotatable bonds is 7. The van der Waals surface area contributed by atoms with Gasteiger partial charge in [0.05, 0.1) is 31.9 Å². The molecule has 1 saturated heterocycles. The number of nitrogens with one attached hydrogen (secondary N) is 1. The number of hydrogen-bond donors (Lipinski definition) is 1. The highest BCUT2D eigenvalue weighted by Crippen LogP contribution is 2.46. The third-order valence-electron chi connectivity index (χ3n) is 5.22. The van der Waals surface area contributed by atoms with Gasteiger partial charge in [0, 0.05) is 30.5 Å². The van der Waals surface area contributed by atoms with Crippen LogP contribution in [0, 0.1) is 23.0 Å². The van der Waals surface area contributed by atoms with Crippen LogP contribution in [0.25, 0.3) is 0 Å². The van der Waals surface area contributed by atoms with Gasteiger partial charge in [0.1, 0.15) is 5.56 Å². The number of hydrogen-bond acceptors (Lipinski definition) is 9. The highest BCUT2D eigenvalue weighted by molar-refractivity contribution is 7.13. The number of nitro groups is 1. The fourth-order valence-corrected chi connectivity index (χ4v) is 4.31. The lowest BCUT2D eigenvalue weighted by Gasteiger charge is -2.31. The molecule has 1 aromatic heterocycles. The Morgan fingerprint density at radius 2 is 1.84 bits per heavy atom. The predicted molar refractivity (Wildman–Crippen MR) is 117 cm³/mol. The first-order chi connectivity index (χ1) is 15.3. The van der Waals surface area contributed by atoms with E-state index in [0.29, 0.717) is 18.0 Å². The van der Waals surface area contributed by atoms with Gasteiger partial charge < -0.3 is 24.4 Å². The van der Waals surface area contributed by atoms with Gasteiger partial charge in [-0.2, -0.15) is 0 Å². The van der Waals surface area contributed by atoms with Crippen molar-refractivity contribution in [3.05, 3.63) is 32.8 Å². The summed E-state index contributed by atoms with van der Waals surface area (Å²) in [7, 11) is 3.95. The van der Waals surface area contributed by atoms with Crippen LogP contribution in [0.2, 0.25) is 0 Å². The summed E-state index contributed by atoms with van der Waals surface area (Å²) in [4.78, 5) is 42.5. The Hall–Kier alpha value is -3.41. The molecule has 0 aliphatic carbocycles. The van der Waals surface area contributed by atoms with Crippen molar-refractivity contribution in [2.45, 2.75) is 19.8 Å². The standard InChI is InChI=1S/C20H24N4O7S/c1-11-10-32-20(21-11)22-18(25)12-5-7-23(8-6-12)19(26)13-9-14(29-2)16(30-3)17(31-4)15(13)24(27)28/h9-10,12H,5-8H2,1-4H3,(H,21,22,25). The normalized spacial score (nSPS) is 14.1. The molecule has 1 aliphatic heterocycles. The van der Waals surface area contributed by atoms with E-state index in [0.717, 1.165) is 5.69 Å². The number of aryl methyl sites for hydroxylation is 1. The van der Waals surface area contributed by atoms with Crippen LogP contribution in [0.3, 0.4) is 0 Å². The highest BCUT2D eigenvalue weighted by atomic mass is 32.1. The number of benzene rings is 1. The maximum absolute atomic E-state index is 13.2. The summed E-state index contributed by atoms with van der Waals surface area (Å²) in [5, 5.41) is 17.0. The van der Waals surface area contributed by atoms with Crippen LogP contribution in [0.4, 0.5) is 10.8 Å². The molecule has 1 fully saturated rings.